The van der Waals surface area contributed by atoms with E-state index < -0.39 is 6.10 Å². The van der Waals surface area contributed by atoms with Gasteiger partial charge in [0, 0.05) is 61.9 Å². The summed E-state index contributed by atoms with van der Waals surface area (Å²) in [6.07, 6.45) is -0.543. The van der Waals surface area contributed by atoms with Crippen molar-refractivity contribution in [3.05, 3.63) is 35.2 Å². The molecule has 0 bridgehead atoms. The van der Waals surface area contributed by atoms with Crippen LogP contribution in [-0.2, 0) is 0 Å². The first-order valence-corrected chi connectivity index (χ1v) is 11.5. The van der Waals surface area contributed by atoms with Crippen molar-refractivity contribution < 1.29 is 5.11 Å². The van der Waals surface area contributed by atoms with E-state index in [1.807, 2.05) is 12.1 Å². The summed E-state index contributed by atoms with van der Waals surface area (Å²) in [6.45, 7) is 12.0. The smallest absolute Gasteiger partial charge is 0.191 e. The molecule has 160 valence electrons. The molecule has 1 aliphatic rings. The van der Waals surface area contributed by atoms with Crippen LogP contribution in [0.5, 0.6) is 0 Å². The Morgan fingerprint density at radius 1 is 1.21 bits per heavy atom. The molecule has 0 aliphatic carbocycles. The van der Waals surface area contributed by atoms with Crippen LogP contribution in [0.1, 0.15) is 24.8 Å². The zero-order chi connectivity index (χ0) is 20.6. The van der Waals surface area contributed by atoms with Gasteiger partial charge in [-0.15, -0.1) is 11.3 Å². The Morgan fingerprint density at radius 3 is 2.69 bits per heavy atom. The predicted molar refractivity (Wildman–Crippen MR) is 124 cm³/mol. The number of hydrogen-bond donors (Lipinski definition) is 3. The van der Waals surface area contributed by atoms with Crippen molar-refractivity contribution in [2.45, 2.75) is 20.0 Å². The highest BCUT2D eigenvalue weighted by Gasteiger charge is 2.16. The second-order valence-electron chi connectivity index (χ2n) is 8.01. The lowest BCUT2D eigenvalue weighted by molar-refractivity contribution is 0.140. The van der Waals surface area contributed by atoms with E-state index >= 15 is 0 Å². The Hall–Kier alpha value is -1.67. The second kappa shape index (κ2) is 10.9. The minimum Gasteiger partial charge on any atom is -0.386 e. The van der Waals surface area contributed by atoms with Gasteiger partial charge in [0.1, 0.15) is 6.10 Å². The molecule has 3 N–H and O–H groups in total. The molecule has 2 atom stereocenters. The van der Waals surface area contributed by atoms with Gasteiger partial charge in [0.2, 0.25) is 0 Å². The molecule has 0 saturated carbocycles. The molecular weight excluding hydrogens is 382 g/mol. The number of fused-ring (bicyclic) bond motifs is 1. The predicted octanol–water partition coefficient (Wildman–Crippen LogP) is 2.37. The summed E-state index contributed by atoms with van der Waals surface area (Å²) in [4.78, 5) is 10.7. The molecule has 0 amide bonds. The monoisotopic (exact) mass is 417 g/mol. The van der Waals surface area contributed by atoms with E-state index in [1.54, 1.807) is 11.3 Å². The van der Waals surface area contributed by atoms with Crippen molar-refractivity contribution in [1.82, 2.24) is 20.4 Å². The number of piperazine rings is 1. The number of thiophene rings is 1. The van der Waals surface area contributed by atoms with Gasteiger partial charge in [-0.05, 0) is 37.4 Å². The SMILES string of the molecule is CCNC(=NCC(C)CN1CCN(C)CC1)NCC(O)c1cc2ccccc2s1. The number of aliphatic hydroxyl groups excluding tert-OH is 1. The Kier molecular flexibility index (Phi) is 8.29. The number of benzene rings is 1. The van der Waals surface area contributed by atoms with E-state index in [0.29, 0.717) is 12.5 Å². The van der Waals surface area contributed by atoms with E-state index in [1.165, 1.54) is 10.1 Å². The third-order valence-electron chi connectivity index (χ3n) is 5.31. The normalized spacial score (nSPS) is 18.7. The summed E-state index contributed by atoms with van der Waals surface area (Å²) in [5, 5.41) is 18.4. The fourth-order valence-electron chi connectivity index (χ4n) is 3.58. The van der Waals surface area contributed by atoms with Gasteiger partial charge < -0.3 is 25.5 Å². The highest BCUT2D eigenvalue weighted by Crippen LogP contribution is 2.29. The van der Waals surface area contributed by atoms with Crippen molar-refractivity contribution in [3.63, 3.8) is 0 Å². The number of nitrogens with one attached hydrogen (secondary N) is 2. The summed E-state index contributed by atoms with van der Waals surface area (Å²) in [7, 11) is 2.19. The number of nitrogens with zero attached hydrogens (tertiary/aromatic N) is 3. The summed E-state index contributed by atoms with van der Waals surface area (Å²) in [5.74, 6) is 1.28. The molecule has 2 unspecified atom stereocenters. The van der Waals surface area contributed by atoms with Crippen LogP contribution >= 0.6 is 11.3 Å². The van der Waals surface area contributed by atoms with E-state index in [2.05, 4.69) is 59.5 Å². The van der Waals surface area contributed by atoms with Gasteiger partial charge in [-0.1, -0.05) is 25.1 Å². The third kappa shape index (κ3) is 6.67. The van der Waals surface area contributed by atoms with Crippen LogP contribution in [0.4, 0.5) is 0 Å². The standard InChI is InChI=1S/C22H35N5OS/c1-4-23-22(24-14-17(2)16-27-11-9-26(3)10-12-27)25-15-19(28)21-13-18-7-5-6-8-20(18)29-21/h5-8,13,17,19,28H,4,9-12,14-16H2,1-3H3,(H2,23,24,25). The summed E-state index contributed by atoms with van der Waals surface area (Å²) < 4.78 is 1.21. The lowest BCUT2D eigenvalue weighted by Crippen LogP contribution is -2.46. The number of aliphatic imine (C=N–C) groups is 1. The summed E-state index contributed by atoms with van der Waals surface area (Å²) in [5.41, 5.74) is 0. The molecule has 0 spiro atoms. The molecule has 2 aromatic rings. The minimum atomic E-state index is -0.543. The maximum atomic E-state index is 10.6. The molecule has 0 radical (unpaired) electrons. The largest absolute Gasteiger partial charge is 0.386 e. The van der Waals surface area contributed by atoms with Crippen LogP contribution < -0.4 is 10.6 Å². The maximum absolute atomic E-state index is 10.6. The Bertz CT molecular complexity index is 751. The number of rotatable bonds is 8. The Labute approximate surface area is 178 Å². The molecule has 1 aromatic heterocycles. The fourth-order valence-corrected chi connectivity index (χ4v) is 4.63. The van der Waals surface area contributed by atoms with Gasteiger partial charge in [-0.3, -0.25) is 4.99 Å². The molecule has 6 nitrogen and oxygen atoms in total. The first-order valence-electron chi connectivity index (χ1n) is 10.6. The van der Waals surface area contributed by atoms with Gasteiger partial charge in [-0.25, -0.2) is 0 Å². The van der Waals surface area contributed by atoms with Gasteiger partial charge in [0.15, 0.2) is 5.96 Å². The molecular formula is C22H35N5OS. The van der Waals surface area contributed by atoms with Gasteiger partial charge >= 0.3 is 0 Å². The average Bonchev–Trinajstić information content (AvgIpc) is 3.16. The average molecular weight is 418 g/mol. The first-order chi connectivity index (χ1) is 14.0. The van der Waals surface area contributed by atoms with Gasteiger partial charge in [0.05, 0.1) is 0 Å². The number of aliphatic hydroxyl groups is 1. The summed E-state index contributed by atoms with van der Waals surface area (Å²) in [6, 6.07) is 10.3. The Balaban J connectivity index is 1.49. The molecule has 1 aromatic carbocycles. The van der Waals surface area contributed by atoms with Crippen LogP contribution in [0.2, 0.25) is 0 Å². The van der Waals surface area contributed by atoms with Crippen molar-refractivity contribution in [2.24, 2.45) is 10.9 Å². The van der Waals surface area contributed by atoms with E-state index in [4.69, 9.17) is 4.99 Å². The zero-order valence-corrected chi connectivity index (χ0v) is 18.7. The van der Waals surface area contributed by atoms with Crippen molar-refractivity contribution >= 4 is 27.4 Å². The van der Waals surface area contributed by atoms with E-state index in [0.717, 1.165) is 56.6 Å². The second-order valence-corrected chi connectivity index (χ2v) is 9.13. The molecule has 2 heterocycles. The van der Waals surface area contributed by atoms with Gasteiger partial charge in [-0.2, -0.15) is 0 Å². The lowest BCUT2D eigenvalue weighted by Gasteiger charge is -2.33. The van der Waals surface area contributed by atoms with Crippen LogP contribution in [0.3, 0.4) is 0 Å². The molecule has 7 heteroatoms. The molecule has 29 heavy (non-hydrogen) atoms. The van der Waals surface area contributed by atoms with Crippen LogP contribution in [0.25, 0.3) is 10.1 Å². The number of likely N-dealkylation sites (N-methyl/N-ethyl adjacent to an activating group) is 1. The van der Waals surface area contributed by atoms with Crippen LogP contribution in [-0.4, -0.2) is 80.3 Å². The van der Waals surface area contributed by atoms with Crippen molar-refractivity contribution in [2.75, 3.05) is 59.4 Å². The minimum absolute atomic E-state index is 0.450. The number of guanidine groups is 1. The number of hydrogen-bond acceptors (Lipinski definition) is 5. The molecule has 1 saturated heterocycles. The van der Waals surface area contributed by atoms with Crippen LogP contribution in [0, 0.1) is 5.92 Å². The quantitative estimate of drug-likeness (QED) is 0.455. The van der Waals surface area contributed by atoms with Crippen molar-refractivity contribution in [1.29, 1.82) is 0 Å². The zero-order valence-electron chi connectivity index (χ0n) is 17.9. The molecule has 3 rings (SSSR count). The third-order valence-corrected chi connectivity index (χ3v) is 6.52. The van der Waals surface area contributed by atoms with Crippen molar-refractivity contribution in [3.8, 4) is 0 Å². The van der Waals surface area contributed by atoms with E-state index in [-0.39, 0.29) is 0 Å². The topological polar surface area (TPSA) is 63.1 Å². The van der Waals surface area contributed by atoms with Crippen LogP contribution in [0.15, 0.2) is 35.3 Å². The maximum Gasteiger partial charge on any atom is 0.191 e. The highest BCUT2D eigenvalue weighted by molar-refractivity contribution is 7.19. The van der Waals surface area contributed by atoms with Gasteiger partial charge in [0.25, 0.3) is 0 Å². The molecule has 1 aliphatic heterocycles. The first kappa shape index (κ1) is 22.0. The highest BCUT2D eigenvalue weighted by atomic mass is 32.1. The Morgan fingerprint density at radius 2 is 1.97 bits per heavy atom. The lowest BCUT2D eigenvalue weighted by atomic mass is 10.1. The molecule has 1 fully saturated rings. The summed E-state index contributed by atoms with van der Waals surface area (Å²) >= 11 is 1.65. The fraction of sp³-hybridized carbons (Fsp3) is 0.591. The van der Waals surface area contributed by atoms with E-state index in [9.17, 15) is 5.11 Å².